The summed E-state index contributed by atoms with van der Waals surface area (Å²) in [7, 11) is 0. The number of benzene rings is 2. The number of hydrogen-bond acceptors (Lipinski definition) is 2. The molecule has 0 saturated carbocycles. The lowest BCUT2D eigenvalue weighted by atomic mass is 9.86. The first-order valence-corrected chi connectivity index (χ1v) is 10.9. The summed E-state index contributed by atoms with van der Waals surface area (Å²) in [5, 5.41) is 5.92. The van der Waals surface area contributed by atoms with E-state index in [0.29, 0.717) is 29.6 Å². The Balaban J connectivity index is 1.69. The number of urea groups is 1. The number of anilines is 1. The Morgan fingerprint density at radius 1 is 1.07 bits per heavy atom. The molecule has 3 rings (SSSR count). The minimum Gasteiger partial charge on any atom is -0.352 e. The summed E-state index contributed by atoms with van der Waals surface area (Å²) in [4.78, 5) is 27.2. The lowest BCUT2D eigenvalue weighted by Crippen LogP contribution is -2.44. The fourth-order valence-corrected chi connectivity index (χ4v) is 3.99. The van der Waals surface area contributed by atoms with Crippen LogP contribution >= 0.6 is 0 Å². The van der Waals surface area contributed by atoms with Gasteiger partial charge in [0.1, 0.15) is 0 Å². The summed E-state index contributed by atoms with van der Waals surface area (Å²) in [5.41, 5.74) is 3.69. The highest BCUT2D eigenvalue weighted by Gasteiger charge is 2.33. The molecular weight excluding hydrogens is 374 g/mol. The standard InChI is InChI=1S/C25H33N3O2/c1-17(2)16-26-24(29)21-11-13-22(14-12-21)27-25(30)28-15-5-6-19(4)23(28)20-9-7-18(3)8-10-20/h7-14,17,19,23H,5-6,15-16H2,1-4H3,(H,26,29)(H,27,30)/t19-,23+/m0/s1. The molecule has 0 spiro atoms. The molecule has 2 aromatic rings. The lowest BCUT2D eigenvalue weighted by molar-refractivity contribution is 0.0949. The molecule has 1 aliphatic rings. The maximum atomic E-state index is 13.1. The Kier molecular flexibility index (Phi) is 7.14. The number of carbonyl (C=O) groups is 2. The van der Waals surface area contributed by atoms with E-state index in [9.17, 15) is 9.59 Å². The number of aryl methyl sites for hydroxylation is 1. The third-order valence-electron chi connectivity index (χ3n) is 5.68. The number of amides is 3. The second kappa shape index (κ2) is 9.79. The van der Waals surface area contributed by atoms with Crippen molar-refractivity contribution in [2.75, 3.05) is 18.4 Å². The number of rotatable bonds is 5. The molecule has 30 heavy (non-hydrogen) atoms. The third kappa shape index (κ3) is 5.41. The van der Waals surface area contributed by atoms with Gasteiger partial charge in [-0.3, -0.25) is 4.79 Å². The van der Waals surface area contributed by atoms with Gasteiger partial charge >= 0.3 is 6.03 Å². The normalized spacial score (nSPS) is 18.9. The van der Waals surface area contributed by atoms with E-state index in [4.69, 9.17) is 0 Å². The van der Waals surface area contributed by atoms with Gasteiger partial charge in [-0.1, -0.05) is 50.6 Å². The van der Waals surface area contributed by atoms with Crippen LogP contribution in [0.15, 0.2) is 48.5 Å². The molecule has 2 atom stereocenters. The number of hydrogen-bond donors (Lipinski definition) is 2. The fraction of sp³-hybridized carbons (Fsp3) is 0.440. The zero-order valence-electron chi connectivity index (χ0n) is 18.4. The van der Waals surface area contributed by atoms with E-state index in [1.54, 1.807) is 24.3 Å². The highest BCUT2D eigenvalue weighted by molar-refractivity contribution is 5.95. The summed E-state index contributed by atoms with van der Waals surface area (Å²) in [6.45, 7) is 9.80. The molecular formula is C25H33N3O2. The smallest absolute Gasteiger partial charge is 0.322 e. The summed E-state index contributed by atoms with van der Waals surface area (Å²) in [6.07, 6.45) is 2.12. The quantitative estimate of drug-likeness (QED) is 0.698. The van der Waals surface area contributed by atoms with Crippen molar-refractivity contribution in [3.8, 4) is 0 Å². The molecule has 0 unspecified atom stereocenters. The Bertz CT molecular complexity index is 859. The van der Waals surface area contributed by atoms with Gasteiger partial charge in [-0.2, -0.15) is 0 Å². The average Bonchev–Trinajstić information content (AvgIpc) is 2.73. The zero-order valence-corrected chi connectivity index (χ0v) is 18.4. The Morgan fingerprint density at radius 3 is 2.37 bits per heavy atom. The van der Waals surface area contributed by atoms with Crippen LogP contribution in [-0.2, 0) is 0 Å². The van der Waals surface area contributed by atoms with Crippen LogP contribution in [0.1, 0.15) is 61.1 Å². The van der Waals surface area contributed by atoms with Crippen LogP contribution in [0.5, 0.6) is 0 Å². The minimum atomic E-state index is -0.0934. The molecule has 3 amide bonds. The van der Waals surface area contributed by atoms with E-state index in [-0.39, 0.29) is 18.0 Å². The monoisotopic (exact) mass is 407 g/mol. The molecule has 2 N–H and O–H groups in total. The van der Waals surface area contributed by atoms with Gasteiger partial charge in [-0.25, -0.2) is 4.79 Å². The van der Waals surface area contributed by atoms with Crippen LogP contribution in [0.4, 0.5) is 10.5 Å². The summed E-state index contributed by atoms with van der Waals surface area (Å²) >= 11 is 0. The minimum absolute atomic E-state index is 0.0698. The maximum Gasteiger partial charge on any atom is 0.322 e. The number of nitrogens with zero attached hydrogens (tertiary/aromatic N) is 1. The lowest BCUT2D eigenvalue weighted by Gasteiger charge is -2.40. The van der Waals surface area contributed by atoms with Crippen LogP contribution in [-0.4, -0.2) is 29.9 Å². The Labute approximate surface area is 179 Å². The number of carbonyl (C=O) groups excluding carboxylic acids is 2. The first-order valence-electron chi connectivity index (χ1n) is 10.9. The first kappa shape index (κ1) is 21.9. The number of likely N-dealkylation sites (tertiary alicyclic amines) is 1. The van der Waals surface area contributed by atoms with Crippen LogP contribution < -0.4 is 10.6 Å². The van der Waals surface area contributed by atoms with Gasteiger partial charge in [0, 0.05) is 24.3 Å². The van der Waals surface area contributed by atoms with Gasteiger partial charge in [0.2, 0.25) is 0 Å². The molecule has 1 aliphatic heterocycles. The van der Waals surface area contributed by atoms with Gasteiger partial charge in [-0.15, -0.1) is 0 Å². The van der Waals surface area contributed by atoms with Gasteiger partial charge in [0.15, 0.2) is 0 Å². The largest absolute Gasteiger partial charge is 0.352 e. The third-order valence-corrected chi connectivity index (χ3v) is 5.68. The molecule has 1 saturated heterocycles. The molecule has 0 bridgehead atoms. The van der Waals surface area contributed by atoms with Crippen LogP contribution in [0.2, 0.25) is 0 Å². The van der Waals surface area contributed by atoms with Crippen LogP contribution in [0.25, 0.3) is 0 Å². The second-order valence-electron chi connectivity index (χ2n) is 8.78. The predicted octanol–water partition coefficient (Wildman–Crippen LogP) is 5.39. The van der Waals surface area contributed by atoms with Crippen molar-refractivity contribution in [3.63, 3.8) is 0 Å². The molecule has 1 fully saturated rings. The van der Waals surface area contributed by atoms with Gasteiger partial charge in [0.05, 0.1) is 6.04 Å². The van der Waals surface area contributed by atoms with Crippen molar-refractivity contribution in [1.29, 1.82) is 0 Å². The topological polar surface area (TPSA) is 61.4 Å². The molecule has 2 aromatic carbocycles. The highest BCUT2D eigenvalue weighted by atomic mass is 16.2. The summed E-state index contributed by atoms with van der Waals surface area (Å²) in [6, 6.07) is 15.5. The Hall–Kier alpha value is -2.82. The average molecular weight is 408 g/mol. The number of piperidine rings is 1. The fourth-order valence-electron chi connectivity index (χ4n) is 3.99. The molecule has 5 heteroatoms. The molecule has 1 heterocycles. The first-order chi connectivity index (χ1) is 14.3. The van der Waals surface area contributed by atoms with Crippen molar-refractivity contribution >= 4 is 17.6 Å². The van der Waals surface area contributed by atoms with Crippen LogP contribution in [0.3, 0.4) is 0 Å². The van der Waals surface area contributed by atoms with Crippen molar-refractivity contribution in [1.82, 2.24) is 10.2 Å². The van der Waals surface area contributed by atoms with Gasteiger partial charge in [0.25, 0.3) is 5.91 Å². The molecule has 0 aromatic heterocycles. The molecule has 0 aliphatic carbocycles. The van der Waals surface area contributed by atoms with E-state index in [1.165, 1.54) is 11.1 Å². The van der Waals surface area contributed by atoms with Crippen molar-refractivity contribution < 1.29 is 9.59 Å². The van der Waals surface area contributed by atoms with E-state index in [2.05, 4.69) is 62.6 Å². The SMILES string of the molecule is Cc1ccc([C@H]2[C@@H](C)CCCN2C(=O)Nc2ccc(C(=O)NCC(C)C)cc2)cc1. The summed E-state index contributed by atoms with van der Waals surface area (Å²) in [5.74, 6) is 0.714. The predicted molar refractivity (Wildman–Crippen MR) is 122 cm³/mol. The van der Waals surface area contributed by atoms with E-state index < -0.39 is 0 Å². The molecule has 5 nitrogen and oxygen atoms in total. The van der Waals surface area contributed by atoms with Gasteiger partial charge < -0.3 is 15.5 Å². The molecule has 0 radical (unpaired) electrons. The van der Waals surface area contributed by atoms with E-state index >= 15 is 0 Å². The van der Waals surface area contributed by atoms with Crippen molar-refractivity contribution in [2.24, 2.45) is 11.8 Å². The van der Waals surface area contributed by atoms with Crippen LogP contribution in [0, 0.1) is 18.8 Å². The van der Waals surface area contributed by atoms with Crippen molar-refractivity contribution in [2.45, 2.75) is 46.6 Å². The van der Waals surface area contributed by atoms with E-state index in [0.717, 1.165) is 19.4 Å². The Morgan fingerprint density at radius 2 is 1.73 bits per heavy atom. The van der Waals surface area contributed by atoms with Gasteiger partial charge in [-0.05, 0) is 61.4 Å². The zero-order chi connectivity index (χ0) is 21.7. The highest BCUT2D eigenvalue weighted by Crippen LogP contribution is 2.36. The maximum absolute atomic E-state index is 13.1. The second-order valence-corrected chi connectivity index (χ2v) is 8.78. The van der Waals surface area contributed by atoms with E-state index in [1.807, 2.05) is 4.90 Å². The molecule has 160 valence electrons. The van der Waals surface area contributed by atoms with Crippen molar-refractivity contribution in [3.05, 3.63) is 65.2 Å². The summed E-state index contributed by atoms with van der Waals surface area (Å²) < 4.78 is 0. The number of nitrogens with one attached hydrogen (secondary N) is 2.